The van der Waals surface area contributed by atoms with Crippen LogP contribution < -0.4 is 5.73 Å². The number of pyridine rings is 1. The Morgan fingerprint density at radius 3 is 2.95 bits per heavy atom. The van der Waals surface area contributed by atoms with E-state index in [0.717, 1.165) is 49.2 Å². The molecular weight excluding hydrogens is 238 g/mol. The molecule has 0 aromatic carbocycles. The third kappa shape index (κ3) is 3.13. The van der Waals surface area contributed by atoms with Crippen molar-refractivity contribution in [1.29, 1.82) is 0 Å². The smallest absolute Gasteiger partial charge is 0.255 e. The van der Waals surface area contributed by atoms with Gasteiger partial charge in [-0.1, -0.05) is 0 Å². The van der Waals surface area contributed by atoms with Gasteiger partial charge in [-0.25, -0.2) is 0 Å². The maximum absolute atomic E-state index is 12.6. The Hall–Kier alpha value is -1.42. The second kappa shape index (κ2) is 6.15. The molecule has 19 heavy (non-hydrogen) atoms. The molecule has 1 aliphatic rings. The van der Waals surface area contributed by atoms with Gasteiger partial charge >= 0.3 is 0 Å². The Morgan fingerprint density at radius 2 is 2.26 bits per heavy atom. The van der Waals surface area contributed by atoms with Gasteiger partial charge in [0.1, 0.15) is 0 Å². The summed E-state index contributed by atoms with van der Waals surface area (Å²) in [5, 5.41) is 0. The molecule has 0 aliphatic carbocycles. The van der Waals surface area contributed by atoms with Crippen LogP contribution in [0.15, 0.2) is 12.1 Å². The second-order valence-corrected chi connectivity index (χ2v) is 5.31. The summed E-state index contributed by atoms with van der Waals surface area (Å²) < 4.78 is 0. The molecule has 0 spiro atoms. The zero-order valence-corrected chi connectivity index (χ0v) is 11.9. The van der Waals surface area contributed by atoms with Crippen LogP contribution in [0.25, 0.3) is 0 Å². The van der Waals surface area contributed by atoms with Crippen molar-refractivity contribution in [3.8, 4) is 0 Å². The number of aryl methyl sites for hydroxylation is 2. The summed E-state index contributed by atoms with van der Waals surface area (Å²) in [7, 11) is 0. The molecule has 1 aromatic rings. The highest BCUT2D eigenvalue weighted by Gasteiger charge is 2.29. The summed E-state index contributed by atoms with van der Waals surface area (Å²) in [5.74, 6) is 0.129. The van der Waals surface area contributed by atoms with Crippen molar-refractivity contribution >= 4 is 5.91 Å². The SMILES string of the molecule is Cc1ccc(C(=O)N2CCCC2CCCN)c(C)n1. The minimum absolute atomic E-state index is 0.129. The van der Waals surface area contributed by atoms with E-state index in [9.17, 15) is 4.79 Å². The van der Waals surface area contributed by atoms with Crippen LogP contribution in [0.5, 0.6) is 0 Å². The highest BCUT2D eigenvalue weighted by molar-refractivity contribution is 5.95. The number of carbonyl (C=O) groups is 1. The van der Waals surface area contributed by atoms with Crippen molar-refractivity contribution in [2.45, 2.75) is 45.6 Å². The molecule has 1 saturated heterocycles. The molecule has 2 rings (SSSR count). The Balaban J connectivity index is 2.13. The molecule has 1 fully saturated rings. The first-order chi connectivity index (χ1) is 9.13. The molecule has 0 bridgehead atoms. The van der Waals surface area contributed by atoms with E-state index in [1.807, 2.05) is 30.9 Å². The highest BCUT2D eigenvalue weighted by atomic mass is 16.2. The maximum Gasteiger partial charge on any atom is 0.255 e. The number of hydrogen-bond acceptors (Lipinski definition) is 3. The first-order valence-corrected chi connectivity index (χ1v) is 7.08. The van der Waals surface area contributed by atoms with Crippen LogP contribution in [0.3, 0.4) is 0 Å². The van der Waals surface area contributed by atoms with Crippen molar-refractivity contribution in [2.24, 2.45) is 5.73 Å². The molecule has 0 radical (unpaired) electrons. The molecule has 4 nitrogen and oxygen atoms in total. The van der Waals surface area contributed by atoms with Gasteiger partial charge in [-0.2, -0.15) is 0 Å². The first kappa shape index (κ1) is 14.0. The predicted molar refractivity (Wildman–Crippen MR) is 76.1 cm³/mol. The molecule has 104 valence electrons. The van der Waals surface area contributed by atoms with E-state index < -0.39 is 0 Å². The standard InChI is InChI=1S/C15H23N3O/c1-11-7-8-14(12(2)17-11)15(19)18-10-4-6-13(18)5-3-9-16/h7-8,13H,3-6,9-10,16H2,1-2H3. The zero-order chi connectivity index (χ0) is 13.8. The molecule has 1 atom stereocenters. The van der Waals surface area contributed by atoms with Crippen molar-refractivity contribution in [2.75, 3.05) is 13.1 Å². The third-order valence-corrected chi connectivity index (χ3v) is 3.83. The summed E-state index contributed by atoms with van der Waals surface area (Å²) in [6, 6.07) is 4.17. The normalized spacial score (nSPS) is 18.9. The summed E-state index contributed by atoms with van der Waals surface area (Å²) in [6.07, 6.45) is 4.20. The number of aromatic nitrogens is 1. The van der Waals surface area contributed by atoms with Gasteiger partial charge in [-0.3, -0.25) is 9.78 Å². The summed E-state index contributed by atoms with van der Waals surface area (Å²) >= 11 is 0. The summed E-state index contributed by atoms with van der Waals surface area (Å²) in [5.41, 5.74) is 8.09. The highest BCUT2D eigenvalue weighted by Crippen LogP contribution is 2.24. The number of hydrogen-bond donors (Lipinski definition) is 1. The molecule has 0 saturated carbocycles. The predicted octanol–water partition coefficient (Wildman–Crippen LogP) is 2.04. The molecule has 2 N–H and O–H groups in total. The lowest BCUT2D eigenvalue weighted by Gasteiger charge is -2.25. The van der Waals surface area contributed by atoms with Crippen LogP contribution in [-0.4, -0.2) is 34.9 Å². The topological polar surface area (TPSA) is 59.2 Å². The average molecular weight is 261 g/mol. The number of amides is 1. The van der Waals surface area contributed by atoms with Gasteiger partial charge in [0.25, 0.3) is 5.91 Å². The summed E-state index contributed by atoms with van der Waals surface area (Å²) in [6.45, 7) is 5.41. The number of nitrogens with two attached hydrogens (primary N) is 1. The van der Waals surface area contributed by atoms with Crippen LogP contribution in [-0.2, 0) is 0 Å². The minimum atomic E-state index is 0.129. The van der Waals surface area contributed by atoms with Gasteiger partial charge in [0.15, 0.2) is 0 Å². The van der Waals surface area contributed by atoms with Crippen LogP contribution in [0.4, 0.5) is 0 Å². The van der Waals surface area contributed by atoms with Crippen LogP contribution in [0, 0.1) is 13.8 Å². The zero-order valence-electron chi connectivity index (χ0n) is 11.9. The lowest BCUT2D eigenvalue weighted by molar-refractivity contribution is 0.0728. The number of carbonyl (C=O) groups excluding carboxylic acids is 1. The number of likely N-dealkylation sites (tertiary alicyclic amines) is 1. The fourth-order valence-corrected chi connectivity index (χ4v) is 2.82. The van der Waals surface area contributed by atoms with Gasteiger partial charge in [0.2, 0.25) is 0 Å². The van der Waals surface area contributed by atoms with Gasteiger partial charge in [0.05, 0.1) is 11.3 Å². The van der Waals surface area contributed by atoms with Crippen molar-refractivity contribution in [3.63, 3.8) is 0 Å². The number of nitrogens with zero attached hydrogens (tertiary/aromatic N) is 2. The third-order valence-electron chi connectivity index (χ3n) is 3.83. The van der Waals surface area contributed by atoms with Crippen molar-refractivity contribution in [1.82, 2.24) is 9.88 Å². The van der Waals surface area contributed by atoms with Gasteiger partial charge in [-0.05, 0) is 58.2 Å². The molecule has 1 aromatic heterocycles. The van der Waals surface area contributed by atoms with E-state index in [2.05, 4.69) is 4.98 Å². The monoisotopic (exact) mass is 261 g/mol. The molecule has 1 amide bonds. The van der Waals surface area contributed by atoms with E-state index >= 15 is 0 Å². The molecule has 1 unspecified atom stereocenters. The van der Waals surface area contributed by atoms with Crippen molar-refractivity contribution in [3.05, 3.63) is 29.1 Å². The fraction of sp³-hybridized carbons (Fsp3) is 0.600. The minimum Gasteiger partial charge on any atom is -0.336 e. The number of rotatable bonds is 4. The van der Waals surface area contributed by atoms with Gasteiger partial charge in [0, 0.05) is 18.3 Å². The van der Waals surface area contributed by atoms with E-state index in [1.165, 1.54) is 0 Å². The van der Waals surface area contributed by atoms with Crippen LogP contribution in [0.1, 0.15) is 47.4 Å². The maximum atomic E-state index is 12.6. The Labute approximate surface area is 115 Å². The largest absolute Gasteiger partial charge is 0.336 e. The lowest BCUT2D eigenvalue weighted by Crippen LogP contribution is -2.36. The van der Waals surface area contributed by atoms with Crippen LogP contribution >= 0.6 is 0 Å². The van der Waals surface area contributed by atoms with Crippen LogP contribution in [0.2, 0.25) is 0 Å². The van der Waals surface area contributed by atoms with E-state index in [1.54, 1.807) is 0 Å². The first-order valence-electron chi connectivity index (χ1n) is 7.08. The van der Waals surface area contributed by atoms with Gasteiger partial charge < -0.3 is 10.6 Å². The average Bonchev–Trinajstić information content (AvgIpc) is 2.83. The molecule has 4 heteroatoms. The van der Waals surface area contributed by atoms with Gasteiger partial charge in [-0.15, -0.1) is 0 Å². The van der Waals surface area contributed by atoms with Crippen molar-refractivity contribution < 1.29 is 4.79 Å². The van der Waals surface area contributed by atoms with E-state index in [4.69, 9.17) is 5.73 Å². The molecular formula is C15H23N3O. The molecule has 1 aliphatic heterocycles. The quantitative estimate of drug-likeness (QED) is 0.902. The Kier molecular flexibility index (Phi) is 4.53. The Bertz CT molecular complexity index is 459. The van der Waals surface area contributed by atoms with E-state index in [0.29, 0.717) is 12.6 Å². The lowest BCUT2D eigenvalue weighted by atomic mass is 10.1. The second-order valence-electron chi connectivity index (χ2n) is 5.31. The molecule has 2 heterocycles. The summed E-state index contributed by atoms with van der Waals surface area (Å²) in [4.78, 5) is 19.0. The Morgan fingerprint density at radius 1 is 1.47 bits per heavy atom. The van der Waals surface area contributed by atoms with E-state index in [-0.39, 0.29) is 5.91 Å². The fourth-order valence-electron chi connectivity index (χ4n) is 2.82.